The molecule has 0 aromatic rings. The van der Waals surface area contributed by atoms with Gasteiger partial charge in [0.1, 0.15) is 0 Å². The van der Waals surface area contributed by atoms with Crippen LogP contribution in [0.5, 0.6) is 0 Å². The fourth-order valence-corrected chi connectivity index (χ4v) is 4.44. The van der Waals surface area contributed by atoms with E-state index in [4.69, 9.17) is 0 Å². The molecule has 3 heteroatoms. The molecule has 0 aromatic carbocycles. The summed E-state index contributed by atoms with van der Waals surface area (Å²) in [5.74, 6) is 3.37. The Morgan fingerprint density at radius 1 is 1.16 bits per heavy atom. The zero-order valence-electron chi connectivity index (χ0n) is 12.7. The fraction of sp³-hybridized carbons (Fsp3) is 1.00. The minimum absolute atomic E-state index is 0.493. The Morgan fingerprint density at radius 3 is 2.47 bits per heavy atom. The van der Waals surface area contributed by atoms with Gasteiger partial charge in [0, 0.05) is 36.2 Å². The maximum Gasteiger partial charge on any atom is 0.0124 e. The molecule has 0 bridgehead atoms. The molecule has 0 aromatic heterocycles. The minimum Gasteiger partial charge on any atom is -0.312 e. The fourth-order valence-electron chi connectivity index (χ4n) is 3.30. The van der Waals surface area contributed by atoms with Gasteiger partial charge in [0.25, 0.3) is 0 Å². The van der Waals surface area contributed by atoms with E-state index in [9.17, 15) is 0 Å². The van der Waals surface area contributed by atoms with Crippen molar-refractivity contribution >= 4 is 11.8 Å². The van der Waals surface area contributed by atoms with E-state index in [1.54, 1.807) is 0 Å². The van der Waals surface area contributed by atoms with E-state index in [-0.39, 0.29) is 0 Å². The lowest BCUT2D eigenvalue weighted by Crippen LogP contribution is -2.40. The number of nitrogens with zero attached hydrogens (tertiary/aromatic N) is 1. The summed E-state index contributed by atoms with van der Waals surface area (Å²) in [4.78, 5) is 2.67. The minimum atomic E-state index is 0.493. The zero-order chi connectivity index (χ0) is 13.3. The quantitative estimate of drug-likeness (QED) is 0.806. The Bertz CT molecular complexity index is 285. The second kappa shape index (κ2) is 5.95. The third-order valence-corrected chi connectivity index (χ3v) is 6.37. The van der Waals surface area contributed by atoms with Gasteiger partial charge in [-0.1, -0.05) is 13.8 Å². The second-order valence-electron chi connectivity index (χ2n) is 7.35. The number of hydrogen-bond donors (Lipinski definition) is 1. The van der Waals surface area contributed by atoms with E-state index in [1.165, 1.54) is 64.0 Å². The van der Waals surface area contributed by atoms with Gasteiger partial charge in [0.2, 0.25) is 0 Å². The highest BCUT2D eigenvalue weighted by molar-refractivity contribution is 8.00. The molecule has 2 saturated carbocycles. The van der Waals surface area contributed by atoms with Crippen LogP contribution in [0.15, 0.2) is 0 Å². The molecule has 1 aliphatic heterocycles. The van der Waals surface area contributed by atoms with Crippen molar-refractivity contribution in [3.05, 3.63) is 0 Å². The first-order valence-electron chi connectivity index (χ1n) is 8.24. The normalized spacial score (nSPS) is 28.6. The maximum absolute atomic E-state index is 3.88. The summed E-state index contributed by atoms with van der Waals surface area (Å²) in [6.07, 6.45) is 7.29. The standard InChI is InChI=1S/C16H30N2S/c1-16(2)7-9-18(11-12-19-16)10-8-17-15(13-3-4-13)14-5-6-14/h13-15,17H,3-12H2,1-2H3. The van der Waals surface area contributed by atoms with Crippen molar-refractivity contribution in [3.8, 4) is 0 Å². The Kier molecular flexibility index (Phi) is 4.45. The molecule has 1 saturated heterocycles. The topological polar surface area (TPSA) is 15.3 Å². The summed E-state index contributed by atoms with van der Waals surface area (Å²) < 4.78 is 0.493. The average molecular weight is 282 g/mol. The Labute approximate surface area is 123 Å². The van der Waals surface area contributed by atoms with E-state index in [1.807, 2.05) is 0 Å². The van der Waals surface area contributed by atoms with Crippen LogP contribution in [0.3, 0.4) is 0 Å². The molecule has 0 radical (unpaired) electrons. The molecular weight excluding hydrogens is 252 g/mol. The predicted octanol–water partition coefficient (Wildman–Crippen LogP) is 2.98. The van der Waals surface area contributed by atoms with Gasteiger partial charge < -0.3 is 10.2 Å². The summed E-state index contributed by atoms with van der Waals surface area (Å²) in [6.45, 7) is 9.84. The molecule has 2 aliphatic carbocycles. The van der Waals surface area contributed by atoms with E-state index in [0.29, 0.717) is 4.75 Å². The van der Waals surface area contributed by atoms with Gasteiger partial charge in [-0.2, -0.15) is 11.8 Å². The molecule has 3 fully saturated rings. The van der Waals surface area contributed by atoms with Crippen LogP contribution < -0.4 is 5.32 Å². The summed E-state index contributed by atoms with van der Waals surface area (Å²) in [5, 5.41) is 3.88. The molecule has 1 N–H and O–H groups in total. The lowest BCUT2D eigenvalue weighted by molar-refractivity contribution is 0.272. The first-order chi connectivity index (χ1) is 9.14. The van der Waals surface area contributed by atoms with Gasteiger partial charge in [0.15, 0.2) is 0 Å². The Morgan fingerprint density at radius 2 is 1.84 bits per heavy atom. The molecule has 2 nitrogen and oxygen atoms in total. The van der Waals surface area contributed by atoms with Crippen LogP contribution in [0.25, 0.3) is 0 Å². The van der Waals surface area contributed by atoms with Crippen molar-refractivity contribution in [3.63, 3.8) is 0 Å². The van der Waals surface area contributed by atoms with Gasteiger partial charge >= 0.3 is 0 Å². The van der Waals surface area contributed by atoms with Crippen molar-refractivity contribution in [2.75, 3.05) is 31.9 Å². The molecule has 0 atom stereocenters. The summed E-state index contributed by atoms with van der Waals surface area (Å²) in [6, 6.07) is 0.873. The van der Waals surface area contributed by atoms with Crippen molar-refractivity contribution in [1.29, 1.82) is 0 Å². The highest BCUT2D eigenvalue weighted by Crippen LogP contribution is 2.44. The maximum atomic E-state index is 3.88. The Hall–Kier alpha value is 0.270. The van der Waals surface area contributed by atoms with E-state index in [2.05, 4.69) is 35.8 Å². The van der Waals surface area contributed by atoms with Gasteiger partial charge in [-0.25, -0.2) is 0 Å². The van der Waals surface area contributed by atoms with Crippen molar-refractivity contribution < 1.29 is 0 Å². The van der Waals surface area contributed by atoms with E-state index < -0.39 is 0 Å². The van der Waals surface area contributed by atoms with E-state index >= 15 is 0 Å². The lowest BCUT2D eigenvalue weighted by Gasteiger charge is -2.24. The third-order valence-electron chi connectivity index (χ3n) is 5.00. The molecule has 0 unspecified atom stereocenters. The summed E-state index contributed by atoms with van der Waals surface area (Å²) >= 11 is 2.15. The number of hydrogen-bond acceptors (Lipinski definition) is 3. The first kappa shape index (κ1) is 14.2. The van der Waals surface area contributed by atoms with Crippen molar-refractivity contribution in [2.45, 2.75) is 56.7 Å². The molecule has 19 heavy (non-hydrogen) atoms. The molecule has 3 rings (SSSR count). The predicted molar refractivity (Wildman–Crippen MR) is 84.8 cm³/mol. The molecule has 1 heterocycles. The van der Waals surface area contributed by atoms with Gasteiger partial charge in [-0.05, 0) is 50.5 Å². The molecule has 0 spiro atoms. The van der Waals surface area contributed by atoms with E-state index in [0.717, 1.165) is 17.9 Å². The van der Waals surface area contributed by atoms with Gasteiger partial charge in [-0.3, -0.25) is 0 Å². The molecular formula is C16H30N2S. The van der Waals surface area contributed by atoms with Crippen LogP contribution in [0.4, 0.5) is 0 Å². The van der Waals surface area contributed by atoms with Crippen LogP contribution in [0.1, 0.15) is 46.0 Å². The zero-order valence-corrected chi connectivity index (χ0v) is 13.5. The Balaban J connectivity index is 1.37. The van der Waals surface area contributed by atoms with Crippen molar-refractivity contribution in [1.82, 2.24) is 10.2 Å². The van der Waals surface area contributed by atoms with Crippen LogP contribution in [0, 0.1) is 11.8 Å². The van der Waals surface area contributed by atoms with Gasteiger partial charge in [0.05, 0.1) is 0 Å². The number of thioether (sulfide) groups is 1. The molecule has 110 valence electrons. The lowest BCUT2D eigenvalue weighted by atomic mass is 10.1. The summed E-state index contributed by atoms with van der Waals surface area (Å²) in [7, 11) is 0. The average Bonchev–Trinajstić information content (AvgIpc) is 3.21. The highest BCUT2D eigenvalue weighted by Gasteiger charge is 2.40. The third kappa shape index (κ3) is 4.37. The monoisotopic (exact) mass is 282 g/mol. The molecule has 0 amide bonds. The van der Waals surface area contributed by atoms with Crippen LogP contribution >= 0.6 is 11.8 Å². The van der Waals surface area contributed by atoms with Gasteiger partial charge in [-0.15, -0.1) is 0 Å². The van der Waals surface area contributed by atoms with Crippen LogP contribution in [-0.2, 0) is 0 Å². The second-order valence-corrected chi connectivity index (χ2v) is 9.16. The smallest absolute Gasteiger partial charge is 0.0124 e. The van der Waals surface area contributed by atoms with Crippen LogP contribution in [0.2, 0.25) is 0 Å². The first-order valence-corrected chi connectivity index (χ1v) is 9.22. The number of rotatable bonds is 6. The molecule has 3 aliphatic rings. The largest absolute Gasteiger partial charge is 0.312 e. The highest BCUT2D eigenvalue weighted by atomic mass is 32.2. The summed E-state index contributed by atoms with van der Waals surface area (Å²) in [5.41, 5.74) is 0. The SMILES string of the molecule is CC1(C)CCN(CCNC(C2CC2)C2CC2)CCS1. The van der Waals surface area contributed by atoms with Crippen molar-refractivity contribution in [2.24, 2.45) is 11.8 Å². The number of nitrogens with one attached hydrogen (secondary N) is 1. The van der Waals surface area contributed by atoms with Crippen LogP contribution in [-0.4, -0.2) is 47.6 Å².